The lowest BCUT2D eigenvalue weighted by Gasteiger charge is -2.29. The van der Waals surface area contributed by atoms with Crippen LogP contribution in [0.25, 0.3) is 0 Å². The van der Waals surface area contributed by atoms with Gasteiger partial charge in [0.15, 0.2) is 0 Å². The van der Waals surface area contributed by atoms with Crippen LogP contribution in [0.1, 0.15) is 67.1 Å². The van der Waals surface area contributed by atoms with Crippen molar-refractivity contribution in [1.29, 1.82) is 0 Å². The first-order valence-electron chi connectivity index (χ1n) is 8.43. The topological polar surface area (TPSA) is 82.2 Å². The second-order valence-corrected chi connectivity index (χ2v) is 6.41. The molecule has 0 spiro atoms. The van der Waals surface area contributed by atoms with Gasteiger partial charge in [-0.1, -0.05) is 19.0 Å². The molecule has 0 aliphatic carbocycles. The van der Waals surface area contributed by atoms with E-state index < -0.39 is 0 Å². The van der Waals surface area contributed by atoms with E-state index in [1.165, 1.54) is 0 Å². The van der Waals surface area contributed by atoms with Crippen molar-refractivity contribution in [2.45, 2.75) is 51.2 Å². The normalized spacial score (nSPS) is 22.3. The summed E-state index contributed by atoms with van der Waals surface area (Å²) in [6.45, 7) is 4.76. The Morgan fingerprint density at radius 3 is 3.08 bits per heavy atom. The van der Waals surface area contributed by atoms with Crippen LogP contribution < -0.4 is 5.32 Å². The average molecular weight is 332 g/mol. The molecule has 3 rings (SSSR count). The van der Waals surface area contributed by atoms with Gasteiger partial charge in [0, 0.05) is 31.7 Å². The number of hydrogen-bond acceptors (Lipinski definition) is 5. The molecule has 3 heterocycles. The highest BCUT2D eigenvalue weighted by molar-refractivity contribution is 5.91. The zero-order chi connectivity index (χ0) is 17.1. The van der Waals surface area contributed by atoms with Crippen molar-refractivity contribution in [3.8, 4) is 0 Å². The molecule has 1 amide bonds. The summed E-state index contributed by atoms with van der Waals surface area (Å²) >= 11 is 0. The molecule has 2 aromatic heterocycles. The lowest BCUT2D eigenvalue weighted by molar-refractivity contribution is -0.00323. The van der Waals surface area contributed by atoms with Crippen molar-refractivity contribution < 1.29 is 14.1 Å². The van der Waals surface area contributed by atoms with Crippen LogP contribution in [0.2, 0.25) is 0 Å². The van der Waals surface area contributed by atoms with Crippen molar-refractivity contribution in [3.05, 3.63) is 35.7 Å². The minimum Gasteiger partial charge on any atom is -0.372 e. The number of carbonyl (C=O) groups is 1. The van der Waals surface area contributed by atoms with Gasteiger partial charge in [0.05, 0.1) is 23.9 Å². The smallest absolute Gasteiger partial charge is 0.290 e. The van der Waals surface area contributed by atoms with Crippen molar-refractivity contribution in [2.24, 2.45) is 7.05 Å². The van der Waals surface area contributed by atoms with E-state index in [0.29, 0.717) is 6.61 Å². The fourth-order valence-electron chi connectivity index (χ4n) is 2.91. The molecule has 3 atom stereocenters. The maximum atomic E-state index is 12.4. The molecule has 0 saturated carbocycles. The van der Waals surface area contributed by atoms with E-state index in [4.69, 9.17) is 9.26 Å². The number of ether oxygens (including phenoxy) is 1. The summed E-state index contributed by atoms with van der Waals surface area (Å²) < 4.78 is 13.0. The third kappa shape index (κ3) is 3.51. The van der Waals surface area contributed by atoms with E-state index >= 15 is 0 Å². The number of carbonyl (C=O) groups excluding carboxylic acids is 1. The highest BCUT2D eigenvalue weighted by Gasteiger charge is 2.28. The predicted molar refractivity (Wildman–Crippen MR) is 87.6 cm³/mol. The lowest BCUT2D eigenvalue weighted by Crippen LogP contribution is -2.40. The van der Waals surface area contributed by atoms with Crippen molar-refractivity contribution in [1.82, 2.24) is 20.0 Å². The standard InChI is InChI=1S/C17H24N4O3/c1-4-11(2)13-8-16(24-20-13)17(22)19-12-5-6-23-15(7-12)14-9-18-10-21(14)3/h8-12,15H,4-7H2,1-3H3,(H,19,22)/t11-,12-,15-/m0/s1. The van der Waals surface area contributed by atoms with Crippen LogP contribution in [0.15, 0.2) is 23.1 Å². The lowest BCUT2D eigenvalue weighted by atomic mass is 10.0. The van der Waals surface area contributed by atoms with Gasteiger partial charge in [0.2, 0.25) is 5.76 Å². The first-order chi connectivity index (χ1) is 11.6. The van der Waals surface area contributed by atoms with Crippen LogP contribution in [0, 0.1) is 0 Å². The summed E-state index contributed by atoms with van der Waals surface area (Å²) in [6, 6.07) is 1.78. The minimum absolute atomic E-state index is 0.0447. The summed E-state index contributed by atoms with van der Waals surface area (Å²) in [6.07, 6.45) is 5.97. The molecule has 2 aromatic rings. The zero-order valence-corrected chi connectivity index (χ0v) is 14.4. The predicted octanol–water partition coefficient (Wildman–Crippen LogP) is 2.57. The molecule has 130 valence electrons. The number of hydrogen-bond donors (Lipinski definition) is 1. The van der Waals surface area contributed by atoms with Crippen LogP contribution in [0.5, 0.6) is 0 Å². The summed E-state index contributed by atoms with van der Waals surface area (Å²) in [5, 5.41) is 7.03. The van der Waals surface area contributed by atoms with Crippen LogP contribution in [-0.2, 0) is 11.8 Å². The Kier molecular flexibility index (Phi) is 4.99. The van der Waals surface area contributed by atoms with Gasteiger partial charge in [-0.15, -0.1) is 0 Å². The van der Waals surface area contributed by atoms with E-state index in [1.54, 1.807) is 12.4 Å². The summed E-state index contributed by atoms with van der Waals surface area (Å²) in [5.74, 6) is 0.342. The Hall–Kier alpha value is -2.15. The third-order valence-corrected chi connectivity index (χ3v) is 4.67. The largest absolute Gasteiger partial charge is 0.372 e. The van der Waals surface area contributed by atoms with E-state index in [2.05, 4.69) is 29.3 Å². The molecule has 1 saturated heterocycles. The Labute approximate surface area is 141 Å². The highest BCUT2D eigenvalue weighted by Crippen LogP contribution is 2.28. The number of nitrogens with zero attached hydrogens (tertiary/aromatic N) is 3. The van der Waals surface area contributed by atoms with Crippen LogP contribution >= 0.6 is 0 Å². The molecule has 0 bridgehead atoms. The van der Waals surface area contributed by atoms with Gasteiger partial charge in [0.25, 0.3) is 5.91 Å². The molecule has 1 N–H and O–H groups in total. The number of aryl methyl sites for hydroxylation is 1. The monoisotopic (exact) mass is 332 g/mol. The maximum absolute atomic E-state index is 12.4. The van der Waals surface area contributed by atoms with Crippen molar-refractivity contribution in [2.75, 3.05) is 6.61 Å². The Balaban J connectivity index is 1.62. The molecular weight excluding hydrogens is 308 g/mol. The first kappa shape index (κ1) is 16.7. The number of imidazole rings is 1. The fourth-order valence-corrected chi connectivity index (χ4v) is 2.91. The van der Waals surface area contributed by atoms with Gasteiger partial charge < -0.3 is 19.1 Å². The number of amides is 1. The Bertz CT molecular complexity index is 694. The van der Waals surface area contributed by atoms with E-state index in [1.807, 2.05) is 17.8 Å². The minimum atomic E-state index is -0.215. The molecular formula is C17H24N4O3. The third-order valence-electron chi connectivity index (χ3n) is 4.67. The molecule has 1 fully saturated rings. The molecule has 1 aliphatic heterocycles. The number of rotatable bonds is 5. The second kappa shape index (κ2) is 7.17. The Morgan fingerprint density at radius 1 is 1.54 bits per heavy atom. The fraction of sp³-hybridized carbons (Fsp3) is 0.588. The maximum Gasteiger partial charge on any atom is 0.290 e. The van der Waals surface area contributed by atoms with Gasteiger partial charge in [-0.3, -0.25) is 4.79 Å². The van der Waals surface area contributed by atoms with Crippen LogP contribution in [0.3, 0.4) is 0 Å². The SMILES string of the molecule is CC[C@H](C)c1cc(C(=O)N[C@H]2CCO[C@H](c3cncn3C)C2)on1. The molecule has 24 heavy (non-hydrogen) atoms. The van der Waals surface area contributed by atoms with Crippen molar-refractivity contribution >= 4 is 5.91 Å². The van der Waals surface area contributed by atoms with Gasteiger partial charge in [-0.25, -0.2) is 4.98 Å². The summed E-state index contributed by atoms with van der Waals surface area (Å²) in [7, 11) is 1.94. The van der Waals surface area contributed by atoms with Gasteiger partial charge in [-0.2, -0.15) is 0 Å². The highest BCUT2D eigenvalue weighted by atomic mass is 16.5. The van der Waals surface area contributed by atoms with E-state index in [0.717, 1.165) is 30.7 Å². The zero-order valence-electron chi connectivity index (χ0n) is 14.4. The second-order valence-electron chi connectivity index (χ2n) is 6.41. The van der Waals surface area contributed by atoms with E-state index in [-0.39, 0.29) is 29.7 Å². The molecule has 7 heteroatoms. The van der Waals surface area contributed by atoms with Gasteiger partial charge in [-0.05, 0) is 19.3 Å². The van der Waals surface area contributed by atoms with Crippen molar-refractivity contribution in [3.63, 3.8) is 0 Å². The summed E-state index contributed by atoms with van der Waals surface area (Å²) in [4.78, 5) is 16.5. The molecule has 7 nitrogen and oxygen atoms in total. The number of aromatic nitrogens is 3. The van der Waals surface area contributed by atoms with Gasteiger partial charge in [0.1, 0.15) is 6.10 Å². The average Bonchev–Trinajstić information content (AvgIpc) is 3.23. The molecule has 0 radical (unpaired) electrons. The molecule has 1 aliphatic rings. The number of nitrogens with one attached hydrogen (secondary N) is 1. The quantitative estimate of drug-likeness (QED) is 0.910. The van der Waals surface area contributed by atoms with Crippen LogP contribution in [0.4, 0.5) is 0 Å². The summed E-state index contributed by atoms with van der Waals surface area (Å²) in [5.41, 5.74) is 1.84. The molecule has 0 aromatic carbocycles. The van der Waals surface area contributed by atoms with Crippen LogP contribution in [-0.4, -0.2) is 33.3 Å². The molecule has 0 unspecified atom stereocenters. The van der Waals surface area contributed by atoms with E-state index in [9.17, 15) is 4.79 Å². The van der Waals surface area contributed by atoms with Gasteiger partial charge >= 0.3 is 0 Å². The first-order valence-corrected chi connectivity index (χ1v) is 8.43. The Morgan fingerprint density at radius 2 is 2.38 bits per heavy atom.